The van der Waals surface area contributed by atoms with E-state index >= 15 is 0 Å². The Kier molecular flexibility index (Phi) is 8.10. The number of benzene rings is 1. The number of thiocarbonyl (C=S) groups is 1. The van der Waals surface area contributed by atoms with Crippen LogP contribution in [0.2, 0.25) is 0 Å². The fourth-order valence-electron chi connectivity index (χ4n) is 2.93. The molecule has 180 valence electrons. The fourth-order valence-corrected chi connectivity index (χ4v) is 5.16. The van der Waals surface area contributed by atoms with Gasteiger partial charge in [0.05, 0.1) is 16.9 Å². The minimum atomic E-state index is -4.82. The summed E-state index contributed by atoms with van der Waals surface area (Å²) in [6.45, 7) is -0.00189. The summed E-state index contributed by atoms with van der Waals surface area (Å²) >= 11 is 7.43. The summed E-state index contributed by atoms with van der Waals surface area (Å²) in [6.07, 6.45) is -3.54. The largest absolute Gasteiger partial charge is 0.481 e. The van der Waals surface area contributed by atoms with Gasteiger partial charge in [0, 0.05) is 24.4 Å². The number of carboxylic acids is 1. The van der Waals surface area contributed by atoms with Gasteiger partial charge in [0.15, 0.2) is 0 Å². The van der Waals surface area contributed by atoms with E-state index in [2.05, 4.69) is 5.32 Å². The third kappa shape index (κ3) is 6.42. The molecule has 2 N–H and O–H groups in total. The van der Waals surface area contributed by atoms with Gasteiger partial charge in [-0.15, -0.1) is 11.3 Å². The molecule has 2 aromatic rings. The van der Waals surface area contributed by atoms with E-state index < -0.39 is 35.3 Å². The molecule has 2 heterocycles. The zero-order chi connectivity index (χ0) is 25.0. The normalized spacial score (nSPS) is 15.3. The van der Waals surface area contributed by atoms with Crippen LogP contribution in [-0.2, 0) is 20.6 Å². The molecule has 0 spiro atoms. The van der Waals surface area contributed by atoms with Crippen LogP contribution in [0.1, 0.15) is 23.3 Å². The van der Waals surface area contributed by atoms with Crippen LogP contribution in [0, 0.1) is 5.82 Å². The number of amides is 2. The van der Waals surface area contributed by atoms with Gasteiger partial charge in [0.25, 0.3) is 5.91 Å². The maximum Gasteiger partial charge on any atom is 0.419 e. The Bertz CT molecular complexity index is 1180. The molecule has 1 saturated heterocycles. The lowest BCUT2D eigenvalue weighted by Gasteiger charge is -2.13. The van der Waals surface area contributed by atoms with Crippen molar-refractivity contribution < 1.29 is 37.1 Å². The van der Waals surface area contributed by atoms with E-state index in [-0.39, 0.29) is 35.8 Å². The number of nitrogens with one attached hydrogen (secondary N) is 1. The van der Waals surface area contributed by atoms with Gasteiger partial charge in [-0.1, -0.05) is 30.0 Å². The third-order valence-corrected chi connectivity index (χ3v) is 6.85. The van der Waals surface area contributed by atoms with Crippen molar-refractivity contribution in [2.75, 3.05) is 13.1 Å². The summed E-state index contributed by atoms with van der Waals surface area (Å²) in [5.74, 6) is -3.23. The smallest absolute Gasteiger partial charge is 0.419 e. The highest BCUT2D eigenvalue weighted by atomic mass is 32.2. The van der Waals surface area contributed by atoms with Crippen molar-refractivity contribution >= 4 is 63.5 Å². The van der Waals surface area contributed by atoms with Crippen LogP contribution >= 0.6 is 35.3 Å². The number of hydrogen-bond donors (Lipinski definition) is 2. The Morgan fingerprint density at radius 3 is 2.59 bits per heavy atom. The summed E-state index contributed by atoms with van der Waals surface area (Å²) < 4.78 is 52.8. The average Bonchev–Trinajstić information content (AvgIpc) is 3.30. The lowest BCUT2D eigenvalue weighted by atomic mass is 10.0. The summed E-state index contributed by atoms with van der Waals surface area (Å²) in [4.78, 5) is 37.1. The van der Waals surface area contributed by atoms with E-state index in [0.29, 0.717) is 15.3 Å². The zero-order valence-corrected chi connectivity index (χ0v) is 19.6. The molecule has 3 rings (SSSR count). The number of nitrogens with zero attached hydrogens (tertiary/aromatic N) is 1. The molecule has 6 nitrogen and oxygen atoms in total. The Morgan fingerprint density at radius 2 is 1.91 bits per heavy atom. The standard InChI is InChI=1S/C21H16F4N2O4S3/c22-15-2-1-11(8-14(15)21(23,24)25)12-7-13(33-10-12)9-16-19(31)27(20(32)34-16)6-4-17(28)26-5-3-18(29)30/h1-2,7-10H,3-6H2,(H,26,28)(H,29,30)/b16-9-. The molecule has 0 bridgehead atoms. The Labute approximate surface area is 204 Å². The number of carbonyl (C=O) groups is 3. The second-order valence-corrected chi connectivity index (χ2v) is 9.63. The van der Waals surface area contributed by atoms with Crippen LogP contribution in [0.15, 0.2) is 34.6 Å². The van der Waals surface area contributed by atoms with Crippen LogP contribution in [-0.4, -0.2) is 45.2 Å². The molecule has 0 aliphatic carbocycles. The number of carboxylic acid groups (broad SMARTS) is 1. The Morgan fingerprint density at radius 1 is 1.18 bits per heavy atom. The quantitative estimate of drug-likeness (QED) is 0.290. The highest BCUT2D eigenvalue weighted by Gasteiger charge is 2.34. The second-order valence-electron chi connectivity index (χ2n) is 7.01. The van der Waals surface area contributed by atoms with Crippen LogP contribution in [0.25, 0.3) is 17.2 Å². The zero-order valence-electron chi connectivity index (χ0n) is 17.1. The van der Waals surface area contributed by atoms with E-state index in [0.717, 1.165) is 23.9 Å². The number of alkyl halides is 3. The molecular formula is C21H16F4N2O4S3. The number of thiophene rings is 1. The molecule has 2 amide bonds. The number of aliphatic carboxylic acids is 1. The minimum Gasteiger partial charge on any atom is -0.481 e. The number of rotatable bonds is 8. The highest BCUT2D eigenvalue weighted by Crippen LogP contribution is 2.37. The van der Waals surface area contributed by atoms with E-state index in [1.165, 1.54) is 22.3 Å². The van der Waals surface area contributed by atoms with Crippen LogP contribution < -0.4 is 5.32 Å². The summed E-state index contributed by atoms with van der Waals surface area (Å²) in [5.41, 5.74) is -0.730. The second kappa shape index (κ2) is 10.7. The van der Waals surface area contributed by atoms with Crippen LogP contribution in [0.4, 0.5) is 17.6 Å². The summed E-state index contributed by atoms with van der Waals surface area (Å²) in [6, 6.07) is 4.33. The molecule has 34 heavy (non-hydrogen) atoms. The first-order valence-electron chi connectivity index (χ1n) is 9.65. The van der Waals surface area contributed by atoms with Crippen molar-refractivity contribution in [3.63, 3.8) is 0 Å². The van der Waals surface area contributed by atoms with Gasteiger partial charge < -0.3 is 10.4 Å². The van der Waals surface area contributed by atoms with Gasteiger partial charge in [0.2, 0.25) is 5.91 Å². The first-order valence-corrected chi connectivity index (χ1v) is 11.8. The monoisotopic (exact) mass is 532 g/mol. The van der Waals surface area contributed by atoms with Gasteiger partial charge in [-0.05, 0) is 40.8 Å². The van der Waals surface area contributed by atoms with Crippen molar-refractivity contribution in [1.29, 1.82) is 0 Å². The van der Waals surface area contributed by atoms with Crippen LogP contribution in [0.3, 0.4) is 0 Å². The molecule has 0 radical (unpaired) electrons. The van der Waals surface area contributed by atoms with E-state index in [1.807, 2.05) is 0 Å². The van der Waals surface area contributed by atoms with Gasteiger partial charge in [0.1, 0.15) is 10.1 Å². The van der Waals surface area contributed by atoms with Gasteiger partial charge in [-0.3, -0.25) is 19.3 Å². The molecule has 1 aromatic carbocycles. The minimum absolute atomic E-state index is 0.0202. The average molecular weight is 533 g/mol. The van der Waals surface area contributed by atoms with Gasteiger partial charge >= 0.3 is 12.1 Å². The van der Waals surface area contributed by atoms with Gasteiger partial charge in [-0.2, -0.15) is 13.2 Å². The summed E-state index contributed by atoms with van der Waals surface area (Å²) in [5, 5.41) is 12.6. The molecular weight excluding hydrogens is 516 g/mol. The molecule has 0 saturated carbocycles. The van der Waals surface area contributed by atoms with E-state index in [4.69, 9.17) is 17.3 Å². The molecule has 13 heteroatoms. The maximum absolute atomic E-state index is 13.5. The molecule has 1 aromatic heterocycles. The molecule has 1 fully saturated rings. The number of halogens is 4. The first-order chi connectivity index (χ1) is 16.0. The van der Waals surface area contributed by atoms with Crippen molar-refractivity contribution in [2.45, 2.75) is 19.0 Å². The lowest BCUT2D eigenvalue weighted by Crippen LogP contribution is -2.34. The van der Waals surface area contributed by atoms with E-state index in [1.54, 1.807) is 17.5 Å². The summed E-state index contributed by atoms with van der Waals surface area (Å²) in [7, 11) is 0. The number of hydrogen-bond acceptors (Lipinski definition) is 6. The maximum atomic E-state index is 13.5. The van der Waals surface area contributed by atoms with Crippen LogP contribution in [0.5, 0.6) is 0 Å². The first kappa shape index (κ1) is 25.8. The van der Waals surface area contributed by atoms with Crippen molar-refractivity contribution in [1.82, 2.24) is 10.2 Å². The predicted molar refractivity (Wildman–Crippen MR) is 124 cm³/mol. The lowest BCUT2D eigenvalue weighted by molar-refractivity contribution is -0.140. The third-order valence-electron chi connectivity index (χ3n) is 4.60. The Hall–Kier alpha value is -2.77. The SMILES string of the molecule is O=C(O)CCNC(=O)CCN1C(=O)/C(=C/c2cc(-c3ccc(F)c(C(F)(F)F)c3)cs2)SC1=S. The predicted octanol–water partition coefficient (Wildman–Crippen LogP) is 4.76. The fraction of sp³-hybridized carbons (Fsp3) is 0.238. The van der Waals surface area contributed by atoms with Gasteiger partial charge in [-0.25, -0.2) is 4.39 Å². The Balaban J connectivity index is 1.67. The molecule has 1 aliphatic rings. The molecule has 0 unspecified atom stereocenters. The number of carbonyl (C=O) groups excluding carboxylic acids is 2. The molecule has 1 aliphatic heterocycles. The molecule has 0 atom stereocenters. The van der Waals surface area contributed by atoms with E-state index in [9.17, 15) is 31.9 Å². The topological polar surface area (TPSA) is 86.7 Å². The number of thioether (sulfide) groups is 1. The van der Waals surface area contributed by atoms with Crippen molar-refractivity contribution in [3.05, 3.63) is 50.8 Å². The highest BCUT2D eigenvalue weighted by molar-refractivity contribution is 8.26. The van der Waals surface area contributed by atoms with Crippen molar-refractivity contribution in [3.8, 4) is 11.1 Å². The van der Waals surface area contributed by atoms with Crippen molar-refractivity contribution in [2.24, 2.45) is 0 Å².